The van der Waals surface area contributed by atoms with E-state index in [1.54, 1.807) is 18.0 Å². The lowest BCUT2D eigenvalue weighted by atomic mass is 10.2. The molecule has 0 spiro atoms. The number of hydrogen-bond donors (Lipinski definition) is 0. The van der Waals surface area contributed by atoms with Crippen LogP contribution in [0.1, 0.15) is 5.56 Å². The number of carbonyl (C=O) groups excluding carboxylic acids is 1. The number of nitrogens with zero attached hydrogens (tertiary/aromatic N) is 5. The lowest BCUT2D eigenvalue weighted by Crippen LogP contribution is -2.48. The summed E-state index contributed by atoms with van der Waals surface area (Å²) in [4.78, 5) is 44.2. The van der Waals surface area contributed by atoms with Crippen LogP contribution in [0.3, 0.4) is 0 Å². The Balaban J connectivity index is 1.67. The monoisotopic (exact) mass is 423 g/mol. The molecule has 10 heteroatoms. The molecule has 3 heterocycles. The van der Waals surface area contributed by atoms with Crippen molar-refractivity contribution in [2.75, 3.05) is 31.1 Å². The summed E-state index contributed by atoms with van der Waals surface area (Å²) in [6.45, 7) is 2.15. The number of aryl methyl sites for hydroxylation is 1. The number of rotatable bonds is 3. The van der Waals surface area contributed by atoms with Crippen LogP contribution < -0.4 is 16.1 Å². The second-order valence-corrected chi connectivity index (χ2v) is 7.29. The molecule has 0 saturated carbocycles. The van der Waals surface area contributed by atoms with Gasteiger partial charge >= 0.3 is 5.69 Å². The van der Waals surface area contributed by atoms with Crippen molar-refractivity contribution in [2.45, 2.75) is 0 Å². The van der Waals surface area contributed by atoms with E-state index in [4.69, 9.17) is 23.2 Å². The third-order valence-corrected chi connectivity index (χ3v) is 5.04. The molecule has 8 nitrogen and oxygen atoms in total. The maximum absolute atomic E-state index is 12.5. The number of halogens is 2. The number of carbonyl (C=O) groups is 1. The largest absolute Gasteiger partial charge is 0.352 e. The Labute approximate surface area is 171 Å². The van der Waals surface area contributed by atoms with Crippen LogP contribution in [0.2, 0.25) is 10.0 Å². The Morgan fingerprint density at radius 2 is 1.82 bits per heavy atom. The normalized spacial score (nSPS) is 14.7. The summed E-state index contributed by atoms with van der Waals surface area (Å²) in [7, 11) is 2.95. The van der Waals surface area contributed by atoms with Crippen molar-refractivity contribution in [3.05, 3.63) is 61.0 Å². The zero-order valence-electron chi connectivity index (χ0n) is 15.4. The predicted molar refractivity (Wildman–Crippen MR) is 109 cm³/mol. The molecule has 2 aromatic heterocycles. The minimum absolute atomic E-state index is 0.203. The van der Waals surface area contributed by atoms with Crippen LogP contribution in [0, 0.1) is 0 Å². The van der Waals surface area contributed by atoms with Crippen LogP contribution in [0.4, 0.5) is 5.82 Å². The average molecular weight is 424 g/mol. The fourth-order valence-corrected chi connectivity index (χ4v) is 3.50. The third-order valence-electron chi connectivity index (χ3n) is 4.56. The van der Waals surface area contributed by atoms with Crippen molar-refractivity contribution in [1.82, 2.24) is 19.0 Å². The number of piperazine rings is 1. The van der Waals surface area contributed by atoms with Crippen molar-refractivity contribution in [1.29, 1.82) is 0 Å². The molecule has 1 aliphatic heterocycles. The molecule has 0 unspecified atom stereocenters. The highest BCUT2D eigenvalue weighted by Gasteiger charge is 2.22. The van der Waals surface area contributed by atoms with Gasteiger partial charge in [0.15, 0.2) is 0 Å². The first-order valence-electron chi connectivity index (χ1n) is 8.57. The molecule has 1 amide bonds. The van der Waals surface area contributed by atoms with Gasteiger partial charge in [0.1, 0.15) is 5.82 Å². The minimum Gasteiger partial charge on any atom is -0.352 e. The predicted octanol–water partition coefficient (Wildman–Crippen LogP) is 1.15. The number of anilines is 1. The molecule has 0 N–H and O–H groups in total. The average Bonchev–Trinajstić information content (AvgIpc) is 2.68. The van der Waals surface area contributed by atoms with Crippen LogP contribution in [0.25, 0.3) is 6.08 Å². The first kappa shape index (κ1) is 20.2. The van der Waals surface area contributed by atoms with Gasteiger partial charge in [-0.05, 0) is 12.1 Å². The lowest BCUT2D eigenvalue weighted by molar-refractivity contribution is -0.126. The van der Waals surface area contributed by atoms with Gasteiger partial charge in [0, 0.05) is 58.7 Å². The molecule has 0 atom stereocenters. The molecule has 28 heavy (non-hydrogen) atoms. The van der Waals surface area contributed by atoms with Gasteiger partial charge in [-0.3, -0.25) is 14.2 Å². The van der Waals surface area contributed by atoms with Gasteiger partial charge < -0.3 is 14.4 Å². The van der Waals surface area contributed by atoms with Gasteiger partial charge in [-0.15, -0.1) is 0 Å². The van der Waals surface area contributed by atoms with Crippen LogP contribution in [-0.4, -0.2) is 51.1 Å². The third kappa shape index (κ3) is 4.13. The van der Waals surface area contributed by atoms with Crippen molar-refractivity contribution < 1.29 is 4.79 Å². The van der Waals surface area contributed by atoms with E-state index in [2.05, 4.69) is 4.98 Å². The molecular weight excluding hydrogens is 405 g/mol. The van der Waals surface area contributed by atoms with E-state index in [1.165, 1.54) is 36.2 Å². The van der Waals surface area contributed by atoms with Crippen molar-refractivity contribution in [3.8, 4) is 0 Å². The highest BCUT2D eigenvalue weighted by atomic mass is 35.5. The molecule has 0 radical (unpaired) electrons. The van der Waals surface area contributed by atoms with Crippen LogP contribution >= 0.6 is 23.2 Å². The first-order valence-corrected chi connectivity index (χ1v) is 9.33. The Kier molecular flexibility index (Phi) is 5.90. The zero-order chi connectivity index (χ0) is 20.4. The highest BCUT2D eigenvalue weighted by molar-refractivity contribution is 6.36. The molecule has 3 rings (SSSR count). The van der Waals surface area contributed by atoms with Crippen LogP contribution in [0.5, 0.6) is 0 Å². The molecule has 2 aromatic rings. The molecule has 0 aliphatic carbocycles. The SMILES string of the molecule is Cn1cc(/C=C/C(=O)N2CCN(c3ncc(Cl)cc3Cl)CC2)c(=O)n(C)c1=O. The topological polar surface area (TPSA) is 80.4 Å². The van der Waals surface area contributed by atoms with Crippen molar-refractivity contribution >= 4 is 41.0 Å². The van der Waals surface area contributed by atoms with E-state index in [9.17, 15) is 14.4 Å². The van der Waals surface area contributed by atoms with Gasteiger partial charge in [-0.1, -0.05) is 23.2 Å². The van der Waals surface area contributed by atoms with Gasteiger partial charge in [-0.25, -0.2) is 9.78 Å². The van der Waals surface area contributed by atoms with Gasteiger partial charge in [-0.2, -0.15) is 0 Å². The lowest BCUT2D eigenvalue weighted by Gasteiger charge is -2.35. The van der Waals surface area contributed by atoms with Gasteiger partial charge in [0.2, 0.25) is 5.91 Å². The Hall–Kier alpha value is -2.58. The van der Waals surface area contributed by atoms with Gasteiger partial charge in [0.25, 0.3) is 5.56 Å². The van der Waals surface area contributed by atoms with E-state index >= 15 is 0 Å². The smallest absolute Gasteiger partial charge is 0.330 e. The summed E-state index contributed by atoms with van der Waals surface area (Å²) in [5.41, 5.74) is -0.590. The van der Waals surface area contributed by atoms with E-state index in [-0.39, 0.29) is 11.5 Å². The Bertz CT molecular complexity index is 1050. The number of amides is 1. The number of pyridine rings is 1. The quantitative estimate of drug-likeness (QED) is 0.691. The first-order chi connectivity index (χ1) is 13.3. The molecule has 0 bridgehead atoms. The van der Waals surface area contributed by atoms with E-state index in [1.807, 2.05) is 4.90 Å². The highest BCUT2D eigenvalue weighted by Crippen LogP contribution is 2.26. The Morgan fingerprint density at radius 1 is 1.14 bits per heavy atom. The molecule has 148 valence electrons. The summed E-state index contributed by atoms with van der Waals surface area (Å²) in [5.74, 6) is 0.438. The zero-order valence-corrected chi connectivity index (χ0v) is 16.9. The molecule has 0 aromatic carbocycles. The van der Waals surface area contributed by atoms with Crippen LogP contribution in [0.15, 0.2) is 34.1 Å². The second kappa shape index (κ2) is 8.20. The van der Waals surface area contributed by atoms with Crippen LogP contribution in [-0.2, 0) is 18.9 Å². The fourth-order valence-electron chi connectivity index (χ4n) is 3.00. The van der Waals surface area contributed by atoms with Crippen molar-refractivity contribution in [3.63, 3.8) is 0 Å². The van der Waals surface area contributed by atoms with E-state index in [0.717, 1.165) is 4.57 Å². The molecule has 1 aliphatic rings. The fraction of sp³-hybridized carbons (Fsp3) is 0.333. The minimum atomic E-state index is -0.444. The maximum Gasteiger partial charge on any atom is 0.330 e. The maximum atomic E-state index is 12.5. The summed E-state index contributed by atoms with van der Waals surface area (Å²) >= 11 is 12.1. The summed E-state index contributed by atoms with van der Waals surface area (Å²) < 4.78 is 2.30. The summed E-state index contributed by atoms with van der Waals surface area (Å²) in [6.07, 6.45) is 5.75. The standard InChI is InChI=1S/C18H19Cl2N5O3/c1-22-11-12(17(27)23(2)18(22)28)3-4-15(26)24-5-7-25(8-6-24)16-14(20)9-13(19)10-21-16/h3-4,9-11H,5-8H2,1-2H3/b4-3+. The van der Waals surface area contributed by atoms with E-state index in [0.29, 0.717) is 42.0 Å². The summed E-state index contributed by atoms with van der Waals surface area (Å²) in [6, 6.07) is 1.64. The van der Waals surface area contributed by atoms with Gasteiger partial charge in [0.05, 0.1) is 15.6 Å². The molecule has 1 saturated heterocycles. The Morgan fingerprint density at radius 3 is 2.46 bits per heavy atom. The molecule has 1 fully saturated rings. The van der Waals surface area contributed by atoms with E-state index < -0.39 is 11.2 Å². The summed E-state index contributed by atoms with van der Waals surface area (Å²) in [5, 5.41) is 0.940. The second-order valence-electron chi connectivity index (χ2n) is 6.45. The molecular formula is C18H19Cl2N5O3. The number of hydrogen-bond acceptors (Lipinski definition) is 5. The number of aromatic nitrogens is 3. The van der Waals surface area contributed by atoms with Crippen molar-refractivity contribution in [2.24, 2.45) is 14.1 Å².